The van der Waals surface area contributed by atoms with Crippen molar-refractivity contribution in [3.63, 3.8) is 0 Å². The van der Waals surface area contributed by atoms with E-state index in [2.05, 4.69) is 0 Å². The van der Waals surface area contributed by atoms with Crippen LogP contribution in [0.1, 0.15) is 10.4 Å². The molecule has 2 aromatic rings. The zero-order valence-corrected chi connectivity index (χ0v) is 13.7. The average Bonchev–Trinajstić information content (AvgIpc) is 2.53. The molecule has 0 spiro atoms. The van der Waals surface area contributed by atoms with Gasteiger partial charge in [0.2, 0.25) is 0 Å². The molecule has 24 heavy (non-hydrogen) atoms. The Bertz CT molecular complexity index is 916. The van der Waals surface area contributed by atoms with Crippen LogP contribution in [0.2, 0.25) is 5.02 Å². The monoisotopic (exact) mass is 371 g/mol. The highest BCUT2D eigenvalue weighted by Crippen LogP contribution is 2.33. The molecule has 1 amide bonds. The molecule has 0 aliphatic carbocycles. The first-order valence-corrected chi connectivity index (χ1v) is 8.65. The molecule has 0 radical (unpaired) electrons. The Morgan fingerprint density at radius 2 is 1.92 bits per heavy atom. The van der Waals surface area contributed by atoms with Gasteiger partial charge in [-0.25, -0.2) is 17.5 Å². The van der Waals surface area contributed by atoms with E-state index in [0.717, 1.165) is 12.1 Å². The number of amides is 1. The summed E-state index contributed by atoms with van der Waals surface area (Å²) < 4.78 is 50.8. The van der Waals surface area contributed by atoms with Crippen LogP contribution in [0.4, 0.5) is 4.39 Å². The van der Waals surface area contributed by atoms with E-state index in [1.807, 2.05) is 4.72 Å². The van der Waals surface area contributed by atoms with Gasteiger partial charge in [-0.15, -0.1) is 0 Å². The minimum atomic E-state index is -4.41. The molecule has 6 nitrogen and oxygen atoms in total. The van der Waals surface area contributed by atoms with Crippen molar-refractivity contribution in [2.24, 2.45) is 0 Å². The SMILES string of the molecule is O=C(NS(=O)(=O)c1ccc(Cl)cc1F)c1cccc2c1OCCO2. The van der Waals surface area contributed by atoms with Crippen LogP contribution in [0, 0.1) is 5.82 Å². The summed E-state index contributed by atoms with van der Waals surface area (Å²) in [7, 11) is -4.41. The number of halogens is 2. The Labute approximate surface area is 142 Å². The number of sulfonamides is 1. The van der Waals surface area contributed by atoms with Crippen molar-refractivity contribution in [1.82, 2.24) is 4.72 Å². The first-order valence-electron chi connectivity index (χ1n) is 6.79. The smallest absolute Gasteiger partial charge is 0.268 e. The average molecular weight is 372 g/mol. The lowest BCUT2D eigenvalue weighted by Gasteiger charge is -2.20. The van der Waals surface area contributed by atoms with E-state index >= 15 is 0 Å². The van der Waals surface area contributed by atoms with Crippen LogP contribution in [0.25, 0.3) is 0 Å². The van der Waals surface area contributed by atoms with Gasteiger partial charge in [0.25, 0.3) is 15.9 Å². The van der Waals surface area contributed by atoms with Gasteiger partial charge >= 0.3 is 0 Å². The molecule has 3 rings (SSSR count). The minimum absolute atomic E-state index is 0.0230. The summed E-state index contributed by atoms with van der Waals surface area (Å²) in [5.74, 6) is -1.53. The zero-order valence-electron chi connectivity index (χ0n) is 12.1. The molecule has 1 heterocycles. The Balaban J connectivity index is 1.92. The lowest BCUT2D eigenvalue weighted by molar-refractivity contribution is 0.0970. The van der Waals surface area contributed by atoms with E-state index < -0.39 is 26.6 Å². The second kappa shape index (κ2) is 6.29. The Kier molecular flexibility index (Phi) is 4.33. The van der Waals surface area contributed by atoms with E-state index in [0.29, 0.717) is 12.4 Å². The molecule has 0 atom stereocenters. The first-order chi connectivity index (χ1) is 11.4. The van der Waals surface area contributed by atoms with Crippen molar-refractivity contribution < 1.29 is 27.1 Å². The van der Waals surface area contributed by atoms with Crippen molar-refractivity contribution >= 4 is 27.5 Å². The molecule has 126 valence electrons. The molecule has 0 saturated carbocycles. The number of ether oxygens (including phenoxy) is 2. The topological polar surface area (TPSA) is 81.7 Å². The van der Waals surface area contributed by atoms with Crippen molar-refractivity contribution in [3.05, 3.63) is 52.8 Å². The molecule has 9 heteroatoms. The Hall–Kier alpha value is -2.32. The third kappa shape index (κ3) is 3.15. The van der Waals surface area contributed by atoms with Crippen LogP contribution in [0.3, 0.4) is 0 Å². The predicted molar refractivity (Wildman–Crippen MR) is 83.5 cm³/mol. The van der Waals surface area contributed by atoms with Gasteiger partial charge in [0.15, 0.2) is 11.5 Å². The molecule has 2 aromatic carbocycles. The van der Waals surface area contributed by atoms with Crippen LogP contribution < -0.4 is 14.2 Å². The number of rotatable bonds is 3. The molecule has 0 fully saturated rings. The number of hydrogen-bond acceptors (Lipinski definition) is 5. The highest BCUT2D eigenvalue weighted by molar-refractivity contribution is 7.90. The Morgan fingerprint density at radius 3 is 2.67 bits per heavy atom. The fraction of sp³-hybridized carbons (Fsp3) is 0.133. The van der Waals surface area contributed by atoms with E-state index in [1.165, 1.54) is 18.2 Å². The second-order valence-electron chi connectivity index (χ2n) is 4.84. The summed E-state index contributed by atoms with van der Waals surface area (Å²) in [5.41, 5.74) is -0.0230. The molecule has 1 aliphatic heterocycles. The molecular formula is C15H11ClFNO5S. The van der Waals surface area contributed by atoms with Crippen LogP contribution in [-0.2, 0) is 10.0 Å². The summed E-state index contributed by atoms with van der Waals surface area (Å²) in [6.45, 7) is 0.558. The quantitative estimate of drug-likeness (QED) is 0.895. The number of carbonyl (C=O) groups is 1. The number of fused-ring (bicyclic) bond motifs is 1. The van der Waals surface area contributed by atoms with E-state index in [1.54, 1.807) is 6.07 Å². The van der Waals surface area contributed by atoms with Gasteiger partial charge in [-0.05, 0) is 30.3 Å². The van der Waals surface area contributed by atoms with Crippen molar-refractivity contribution in [1.29, 1.82) is 0 Å². The molecule has 0 unspecified atom stereocenters. The number of hydrogen-bond donors (Lipinski definition) is 1. The van der Waals surface area contributed by atoms with E-state index in [-0.39, 0.29) is 22.9 Å². The van der Waals surface area contributed by atoms with Gasteiger partial charge in [-0.1, -0.05) is 17.7 Å². The summed E-state index contributed by atoms with van der Waals surface area (Å²) in [5, 5.41) is 0.0421. The fourth-order valence-corrected chi connectivity index (χ4v) is 3.36. The van der Waals surface area contributed by atoms with Gasteiger partial charge in [0.1, 0.15) is 23.9 Å². The summed E-state index contributed by atoms with van der Waals surface area (Å²) in [6, 6.07) is 7.55. The van der Waals surface area contributed by atoms with Crippen LogP contribution in [-0.4, -0.2) is 27.5 Å². The van der Waals surface area contributed by atoms with Gasteiger partial charge in [0, 0.05) is 5.02 Å². The van der Waals surface area contributed by atoms with Gasteiger partial charge in [-0.2, -0.15) is 0 Å². The third-order valence-electron chi connectivity index (χ3n) is 3.22. The van der Waals surface area contributed by atoms with Crippen LogP contribution >= 0.6 is 11.6 Å². The molecule has 0 saturated heterocycles. The van der Waals surface area contributed by atoms with E-state index in [9.17, 15) is 17.6 Å². The minimum Gasteiger partial charge on any atom is -0.486 e. The van der Waals surface area contributed by atoms with Gasteiger partial charge < -0.3 is 9.47 Å². The molecule has 1 aliphatic rings. The molecule has 0 aromatic heterocycles. The maximum atomic E-state index is 13.8. The number of para-hydroxylation sites is 1. The summed E-state index contributed by atoms with van der Waals surface area (Å²) in [6.07, 6.45) is 0. The molecular weight excluding hydrogens is 361 g/mol. The number of nitrogens with one attached hydrogen (secondary N) is 1. The zero-order chi connectivity index (χ0) is 17.3. The standard InChI is InChI=1S/C15H11ClFNO5S/c16-9-4-5-13(11(17)8-9)24(20,21)18-15(19)10-2-1-3-12-14(10)23-7-6-22-12/h1-5,8H,6-7H2,(H,18,19). The van der Waals surface area contributed by atoms with E-state index in [4.69, 9.17) is 21.1 Å². The van der Waals surface area contributed by atoms with Crippen LogP contribution in [0.15, 0.2) is 41.3 Å². The third-order valence-corrected chi connectivity index (χ3v) is 4.82. The van der Waals surface area contributed by atoms with Crippen molar-refractivity contribution in [3.8, 4) is 11.5 Å². The normalized spacial score (nSPS) is 13.4. The predicted octanol–water partition coefficient (Wildman–Crippen LogP) is 2.37. The second-order valence-corrected chi connectivity index (χ2v) is 6.93. The molecule has 0 bridgehead atoms. The maximum absolute atomic E-state index is 13.8. The van der Waals surface area contributed by atoms with Gasteiger partial charge in [-0.3, -0.25) is 4.79 Å². The number of benzene rings is 2. The summed E-state index contributed by atoms with van der Waals surface area (Å²) in [4.78, 5) is 11.6. The van der Waals surface area contributed by atoms with Crippen molar-refractivity contribution in [2.45, 2.75) is 4.90 Å². The maximum Gasteiger partial charge on any atom is 0.268 e. The van der Waals surface area contributed by atoms with Gasteiger partial charge in [0.05, 0.1) is 5.56 Å². The lowest BCUT2D eigenvalue weighted by atomic mass is 10.1. The lowest BCUT2D eigenvalue weighted by Crippen LogP contribution is -2.32. The Morgan fingerprint density at radius 1 is 1.17 bits per heavy atom. The highest BCUT2D eigenvalue weighted by atomic mass is 35.5. The highest BCUT2D eigenvalue weighted by Gasteiger charge is 2.26. The largest absolute Gasteiger partial charge is 0.486 e. The fourth-order valence-electron chi connectivity index (χ4n) is 2.18. The number of carbonyl (C=O) groups excluding carboxylic acids is 1. The van der Waals surface area contributed by atoms with Crippen LogP contribution in [0.5, 0.6) is 11.5 Å². The van der Waals surface area contributed by atoms with Crippen molar-refractivity contribution in [2.75, 3.05) is 13.2 Å². The summed E-state index contributed by atoms with van der Waals surface area (Å²) >= 11 is 5.60. The first kappa shape index (κ1) is 16.5. The molecule has 1 N–H and O–H groups in total.